The van der Waals surface area contributed by atoms with Gasteiger partial charge in [-0.3, -0.25) is 14.2 Å². The maximum atomic E-state index is 12.2. The monoisotopic (exact) mass is 348 g/mol. The van der Waals surface area contributed by atoms with Crippen LogP contribution in [0.3, 0.4) is 0 Å². The first-order valence-corrected chi connectivity index (χ1v) is 9.06. The lowest BCUT2D eigenvalue weighted by Gasteiger charge is -2.06. The summed E-state index contributed by atoms with van der Waals surface area (Å²) in [5, 5.41) is 7.65. The molecule has 8 heteroatoms. The molecule has 0 aromatic carbocycles. The molecule has 0 aliphatic heterocycles. The second kappa shape index (κ2) is 7.01. The number of thiophene rings is 1. The molecule has 0 unspecified atom stereocenters. The highest BCUT2D eigenvalue weighted by Crippen LogP contribution is 2.13. The maximum absolute atomic E-state index is 12.2. The second-order valence-corrected chi connectivity index (χ2v) is 6.93. The zero-order chi connectivity index (χ0) is 16.2. The first-order valence-electron chi connectivity index (χ1n) is 7.30. The topological polar surface area (TPSA) is 76.9 Å². The number of fused-ring (bicyclic) bond motifs is 1. The van der Waals surface area contributed by atoms with Crippen molar-refractivity contribution in [2.24, 2.45) is 0 Å². The second-order valence-electron chi connectivity index (χ2n) is 5.07. The summed E-state index contributed by atoms with van der Waals surface area (Å²) < 4.78 is 1.90. The molecule has 0 saturated heterocycles. The molecule has 0 spiro atoms. The molecule has 3 rings (SSSR count). The minimum absolute atomic E-state index is 0.0361. The van der Waals surface area contributed by atoms with Gasteiger partial charge in [0.15, 0.2) is 0 Å². The summed E-state index contributed by atoms with van der Waals surface area (Å²) in [6.07, 6.45) is 3.43. The molecule has 23 heavy (non-hydrogen) atoms. The molecule has 3 aromatic heterocycles. The van der Waals surface area contributed by atoms with Gasteiger partial charge >= 0.3 is 0 Å². The Balaban J connectivity index is 1.61. The number of hydrogen-bond acceptors (Lipinski definition) is 6. The highest BCUT2D eigenvalue weighted by molar-refractivity contribution is 7.17. The van der Waals surface area contributed by atoms with Crippen molar-refractivity contribution in [1.29, 1.82) is 0 Å². The highest BCUT2D eigenvalue weighted by Gasteiger charge is 2.09. The Morgan fingerprint density at radius 2 is 2.26 bits per heavy atom. The summed E-state index contributed by atoms with van der Waals surface area (Å²) in [5.41, 5.74) is 1.34. The lowest BCUT2D eigenvalue weighted by atomic mass is 10.3. The van der Waals surface area contributed by atoms with Crippen LogP contribution in [0.5, 0.6) is 0 Å². The van der Waals surface area contributed by atoms with Crippen LogP contribution in [0.25, 0.3) is 10.2 Å². The van der Waals surface area contributed by atoms with Crippen LogP contribution >= 0.6 is 22.7 Å². The van der Waals surface area contributed by atoms with Crippen LogP contribution in [0.2, 0.25) is 0 Å². The van der Waals surface area contributed by atoms with Gasteiger partial charge in [-0.1, -0.05) is 6.92 Å². The zero-order valence-corrected chi connectivity index (χ0v) is 14.2. The fourth-order valence-corrected chi connectivity index (χ4v) is 3.84. The van der Waals surface area contributed by atoms with Crippen molar-refractivity contribution >= 4 is 38.8 Å². The molecule has 0 fully saturated rings. The predicted molar refractivity (Wildman–Crippen MR) is 91.8 cm³/mol. The van der Waals surface area contributed by atoms with Gasteiger partial charge in [-0.05, 0) is 24.3 Å². The van der Waals surface area contributed by atoms with Crippen molar-refractivity contribution in [2.75, 3.05) is 0 Å². The van der Waals surface area contributed by atoms with Crippen LogP contribution in [0.15, 0.2) is 27.9 Å². The normalized spacial score (nSPS) is 11.0. The van der Waals surface area contributed by atoms with Crippen molar-refractivity contribution in [3.05, 3.63) is 44.2 Å². The summed E-state index contributed by atoms with van der Waals surface area (Å²) in [7, 11) is 0. The van der Waals surface area contributed by atoms with Crippen molar-refractivity contribution in [3.8, 4) is 0 Å². The minimum Gasteiger partial charge on any atom is -0.349 e. The number of nitrogens with one attached hydrogen (secondary N) is 1. The number of aryl methyl sites for hydroxylation is 1. The number of rotatable bonds is 6. The molecule has 120 valence electrons. The molecule has 0 radical (unpaired) electrons. The van der Waals surface area contributed by atoms with E-state index in [0.717, 1.165) is 23.5 Å². The SMILES string of the molecule is CCCc1nc(CNC(=O)Cn2cnc3ccsc3c2=O)cs1. The Morgan fingerprint density at radius 3 is 3.09 bits per heavy atom. The summed E-state index contributed by atoms with van der Waals surface area (Å²) in [6, 6.07) is 1.79. The maximum Gasteiger partial charge on any atom is 0.271 e. The van der Waals surface area contributed by atoms with Gasteiger partial charge in [0.2, 0.25) is 5.91 Å². The van der Waals surface area contributed by atoms with Gasteiger partial charge in [0.1, 0.15) is 11.2 Å². The van der Waals surface area contributed by atoms with Crippen molar-refractivity contribution in [1.82, 2.24) is 19.9 Å². The first-order chi connectivity index (χ1) is 11.2. The van der Waals surface area contributed by atoms with Gasteiger partial charge in [0.25, 0.3) is 5.56 Å². The Morgan fingerprint density at radius 1 is 1.39 bits per heavy atom. The third-order valence-corrected chi connectivity index (χ3v) is 5.13. The molecule has 1 amide bonds. The molecule has 6 nitrogen and oxygen atoms in total. The smallest absolute Gasteiger partial charge is 0.271 e. The van der Waals surface area contributed by atoms with Crippen LogP contribution in [0, 0.1) is 0 Å². The standard InChI is InChI=1S/C15H16N4O2S2/c1-2-3-13-18-10(8-23-13)6-16-12(20)7-19-9-17-11-4-5-22-14(11)15(19)21/h4-5,8-9H,2-3,6-7H2,1H3,(H,16,20). The Bertz CT molecular complexity index is 881. The molecule has 1 N–H and O–H groups in total. The van der Waals surface area contributed by atoms with Crippen molar-refractivity contribution in [3.63, 3.8) is 0 Å². The molecular formula is C15H16N4O2S2. The van der Waals surface area contributed by atoms with Gasteiger partial charge in [0.05, 0.1) is 29.1 Å². The summed E-state index contributed by atoms with van der Waals surface area (Å²) in [4.78, 5) is 32.9. The number of hydrogen-bond donors (Lipinski definition) is 1. The Kier molecular flexibility index (Phi) is 4.82. The molecule has 3 heterocycles. The zero-order valence-electron chi connectivity index (χ0n) is 12.6. The molecule has 0 atom stereocenters. The van der Waals surface area contributed by atoms with Crippen molar-refractivity contribution in [2.45, 2.75) is 32.9 Å². The van der Waals surface area contributed by atoms with Gasteiger partial charge in [-0.2, -0.15) is 0 Å². The average molecular weight is 348 g/mol. The van der Waals surface area contributed by atoms with Gasteiger partial charge in [0, 0.05) is 5.38 Å². The van der Waals surface area contributed by atoms with E-state index in [1.165, 1.54) is 22.2 Å². The quantitative estimate of drug-likeness (QED) is 0.741. The molecule has 0 bridgehead atoms. The lowest BCUT2D eigenvalue weighted by molar-refractivity contribution is -0.121. The number of nitrogens with zero attached hydrogens (tertiary/aromatic N) is 3. The van der Waals surface area contributed by atoms with Crippen LogP contribution in [0.4, 0.5) is 0 Å². The van der Waals surface area contributed by atoms with Gasteiger partial charge in [-0.25, -0.2) is 9.97 Å². The molecule has 3 aromatic rings. The number of aromatic nitrogens is 3. The van der Waals surface area contributed by atoms with Gasteiger partial charge in [-0.15, -0.1) is 22.7 Å². The number of amides is 1. The molecule has 0 aliphatic rings. The first kappa shape index (κ1) is 15.8. The summed E-state index contributed by atoms with van der Waals surface area (Å²) >= 11 is 2.94. The van der Waals surface area contributed by atoms with Crippen LogP contribution in [0.1, 0.15) is 24.0 Å². The van der Waals surface area contributed by atoms with Gasteiger partial charge < -0.3 is 5.32 Å². The van der Waals surface area contributed by atoms with Crippen LogP contribution in [-0.2, 0) is 24.3 Å². The summed E-state index contributed by atoms with van der Waals surface area (Å²) in [5.74, 6) is -0.227. The van der Waals surface area contributed by atoms with Crippen LogP contribution < -0.4 is 10.9 Å². The highest BCUT2D eigenvalue weighted by atomic mass is 32.1. The molecule has 0 saturated carbocycles. The predicted octanol–water partition coefficient (Wildman–Crippen LogP) is 2.18. The number of thiazole rings is 1. The largest absolute Gasteiger partial charge is 0.349 e. The van der Waals surface area contributed by atoms with E-state index in [2.05, 4.69) is 22.2 Å². The molecular weight excluding hydrogens is 332 g/mol. The van der Waals surface area contributed by atoms with E-state index in [1.54, 1.807) is 17.4 Å². The van der Waals surface area contributed by atoms with E-state index in [-0.39, 0.29) is 18.0 Å². The van der Waals surface area contributed by atoms with E-state index in [0.29, 0.717) is 16.8 Å². The van der Waals surface area contributed by atoms with E-state index >= 15 is 0 Å². The fourth-order valence-electron chi connectivity index (χ4n) is 2.15. The fraction of sp³-hybridized carbons (Fsp3) is 0.333. The lowest BCUT2D eigenvalue weighted by Crippen LogP contribution is -2.32. The Hall–Kier alpha value is -2.06. The van der Waals surface area contributed by atoms with E-state index in [1.807, 2.05) is 10.8 Å². The minimum atomic E-state index is -0.227. The van der Waals surface area contributed by atoms with Crippen molar-refractivity contribution < 1.29 is 4.79 Å². The third kappa shape index (κ3) is 3.65. The van der Waals surface area contributed by atoms with E-state index < -0.39 is 0 Å². The third-order valence-electron chi connectivity index (χ3n) is 3.28. The number of carbonyl (C=O) groups is 1. The summed E-state index contributed by atoms with van der Waals surface area (Å²) in [6.45, 7) is 2.45. The average Bonchev–Trinajstić information content (AvgIpc) is 3.18. The molecule has 0 aliphatic carbocycles. The van der Waals surface area contributed by atoms with Crippen LogP contribution in [-0.4, -0.2) is 20.4 Å². The van der Waals surface area contributed by atoms with E-state index in [9.17, 15) is 9.59 Å². The Labute approximate surface area is 140 Å². The number of carbonyl (C=O) groups excluding carboxylic acids is 1. The van der Waals surface area contributed by atoms with E-state index in [4.69, 9.17) is 0 Å².